The minimum absolute atomic E-state index is 0.595. The van der Waals surface area contributed by atoms with E-state index >= 15 is 0 Å². The van der Waals surface area contributed by atoms with Crippen LogP contribution >= 0.6 is 0 Å². The number of aromatic nitrogens is 4. The van der Waals surface area contributed by atoms with Crippen molar-refractivity contribution < 1.29 is 0 Å². The largest absolute Gasteiger partial charge is 0.289 e. The van der Waals surface area contributed by atoms with Gasteiger partial charge in [-0.05, 0) is 68.8 Å². The van der Waals surface area contributed by atoms with Crippen LogP contribution in [0.3, 0.4) is 0 Å². The molecule has 0 radical (unpaired) electrons. The highest BCUT2D eigenvalue weighted by Crippen LogP contribution is 2.53. The van der Waals surface area contributed by atoms with Crippen molar-refractivity contribution in [2.45, 2.75) is 5.41 Å². The molecule has 1 aliphatic rings. The van der Waals surface area contributed by atoms with Gasteiger partial charge in [-0.15, -0.1) is 0 Å². The average molecular weight is 589 g/mol. The highest BCUT2D eigenvalue weighted by Gasteiger charge is 2.45. The minimum Gasteiger partial charge on any atom is -0.289 e. The Bertz CT molecular complexity index is 2290. The summed E-state index contributed by atoms with van der Waals surface area (Å²) in [6.45, 7) is 0. The van der Waals surface area contributed by atoms with Gasteiger partial charge in [-0.1, -0.05) is 133 Å². The first-order chi connectivity index (χ1) is 22.8. The average Bonchev–Trinajstić information content (AvgIpc) is 3.54. The number of imidazole rings is 1. The number of hydrogen-bond donors (Lipinski definition) is 0. The number of para-hydroxylation sites is 1. The summed E-state index contributed by atoms with van der Waals surface area (Å²) >= 11 is 0. The summed E-state index contributed by atoms with van der Waals surface area (Å²) in [7, 11) is 0. The molecule has 46 heavy (non-hydrogen) atoms. The monoisotopic (exact) mass is 588 g/mol. The summed E-state index contributed by atoms with van der Waals surface area (Å²) in [6.07, 6.45) is 3.56. The van der Waals surface area contributed by atoms with Gasteiger partial charge in [-0.25, -0.2) is 15.0 Å². The first-order valence-electron chi connectivity index (χ1n) is 15.5. The number of hydrogen-bond acceptors (Lipinski definition) is 3. The van der Waals surface area contributed by atoms with Crippen molar-refractivity contribution in [3.05, 3.63) is 192 Å². The molecule has 0 saturated heterocycles. The molecule has 3 heterocycles. The van der Waals surface area contributed by atoms with Gasteiger partial charge in [-0.3, -0.25) is 4.57 Å². The second-order valence-corrected chi connectivity index (χ2v) is 11.7. The predicted octanol–water partition coefficient (Wildman–Crippen LogP) is 9.51. The van der Waals surface area contributed by atoms with Gasteiger partial charge in [0.2, 0.25) is 0 Å². The van der Waals surface area contributed by atoms with Crippen LogP contribution in [0.5, 0.6) is 0 Å². The van der Waals surface area contributed by atoms with Gasteiger partial charge in [0, 0.05) is 12.4 Å². The fraction of sp³-hybridized carbons (Fsp3) is 0.0238. The molecule has 0 fully saturated rings. The molecule has 0 saturated carbocycles. The van der Waals surface area contributed by atoms with E-state index in [-0.39, 0.29) is 0 Å². The molecule has 9 rings (SSSR count). The molecule has 4 nitrogen and oxygen atoms in total. The van der Waals surface area contributed by atoms with Gasteiger partial charge in [0.05, 0.1) is 22.1 Å². The molecule has 0 amide bonds. The lowest BCUT2D eigenvalue weighted by atomic mass is 9.63. The first kappa shape index (κ1) is 26.3. The van der Waals surface area contributed by atoms with Gasteiger partial charge in [0.25, 0.3) is 0 Å². The summed E-state index contributed by atoms with van der Waals surface area (Å²) in [4.78, 5) is 14.4. The summed E-state index contributed by atoms with van der Waals surface area (Å²) in [5, 5.41) is 0. The number of rotatable bonds is 5. The molecule has 0 N–H and O–H groups in total. The first-order valence-corrected chi connectivity index (χ1v) is 15.5. The van der Waals surface area contributed by atoms with Crippen molar-refractivity contribution in [3.63, 3.8) is 0 Å². The van der Waals surface area contributed by atoms with Crippen LogP contribution in [0.2, 0.25) is 0 Å². The Morgan fingerprint density at radius 3 is 1.67 bits per heavy atom. The molecule has 0 atom stereocenters. The van der Waals surface area contributed by atoms with Gasteiger partial charge >= 0.3 is 0 Å². The summed E-state index contributed by atoms with van der Waals surface area (Å²) in [6, 6.07) is 56.3. The van der Waals surface area contributed by atoms with E-state index < -0.39 is 5.41 Å². The standard InChI is InChI=1S/C42H28N4/c1-4-12-29(13-5-1)30-20-22-31(23-21-30)32-24-25-38-36(28-32)42(33-14-6-2-7-15-33,34-16-8-3-9-17-34)35-18-10-19-37-39(35)46(38)41(45-37)40-43-26-11-27-44-40/h1-28H. The topological polar surface area (TPSA) is 43.6 Å². The van der Waals surface area contributed by atoms with E-state index in [0.29, 0.717) is 5.82 Å². The Kier molecular flexibility index (Phi) is 6.00. The molecule has 0 unspecified atom stereocenters. The highest BCUT2D eigenvalue weighted by atomic mass is 15.1. The molecule has 6 aromatic carbocycles. The SMILES string of the molecule is c1ccc(-c2ccc(-c3ccc4c(c3)C(c3ccccc3)(c3ccccc3)c3cccc5nc(-c6ncccn6)n-4c35)cc2)cc1. The van der Waals surface area contributed by atoms with Gasteiger partial charge < -0.3 is 0 Å². The van der Waals surface area contributed by atoms with Crippen molar-refractivity contribution in [2.75, 3.05) is 0 Å². The highest BCUT2D eigenvalue weighted by molar-refractivity contribution is 5.92. The Morgan fingerprint density at radius 1 is 0.457 bits per heavy atom. The van der Waals surface area contributed by atoms with Crippen molar-refractivity contribution in [1.82, 2.24) is 19.5 Å². The summed E-state index contributed by atoms with van der Waals surface area (Å²) in [5.74, 6) is 1.34. The maximum atomic E-state index is 5.16. The molecule has 4 heteroatoms. The molecular formula is C42H28N4. The molecule has 0 aliphatic carbocycles. The van der Waals surface area contributed by atoms with Crippen molar-refractivity contribution in [1.29, 1.82) is 0 Å². The van der Waals surface area contributed by atoms with E-state index in [4.69, 9.17) is 4.98 Å². The number of benzene rings is 6. The minimum atomic E-state index is -0.595. The molecule has 8 aromatic rings. The van der Waals surface area contributed by atoms with Crippen LogP contribution in [0.4, 0.5) is 0 Å². The van der Waals surface area contributed by atoms with E-state index in [0.717, 1.165) is 28.1 Å². The molecular weight excluding hydrogens is 560 g/mol. The van der Waals surface area contributed by atoms with Crippen molar-refractivity contribution in [3.8, 4) is 39.6 Å². The van der Waals surface area contributed by atoms with Crippen LogP contribution in [0.1, 0.15) is 22.3 Å². The van der Waals surface area contributed by atoms with Crippen LogP contribution in [0.25, 0.3) is 50.6 Å². The van der Waals surface area contributed by atoms with Gasteiger partial charge in [0.1, 0.15) is 0 Å². The molecule has 0 bridgehead atoms. The molecule has 2 aromatic heterocycles. The lowest BCUT2D eigenvalue weighted by Gasteiger charge is -2.41. The number of fused-ring (bicyclic) bond motifs is 2. The van der Waals surface area contributed by atoms with E-state index in [1.807, 2.05) is 6.07 Å². The Balaban J connectivity index is 1.37. The van der Waals surface area contributed by atoms with Crippen LogP contribution in [0, 0.1) is 0 Å². The second-order valence-electron chi connectivity index (χ2n) is 11.7. The quantitative estimate of drug-likeness (QED) is 0.201. The van der Waals surface area contributed by atoms with E-state index in [1.54, 1.807) is 12.4 Å². The summed E-state index contributed by atoms with van der Waals surface area (Å²) < 4.78 is 2.27. The van der Waals surface area contributed by atoms with Crippen LogP contribution in [-0.4, -0.2) is 19.5 Å². The lowest BCUT2D eigenvalue weighted by Crippen LogP contribution is -2.35. The fourth-order valence-corrected chi connectivity index (χ4v) is 7.24. The van der Waals surface area contributed by atoms with E-state index in [9.17, 15) is 0 Å². The van der Waals surface area contributed by atoms with Crippen LogP contribution in [0.15, 0.2) is 170 Å². The van der Waals surface area contributed by atoms with Gasteiger partial charge in [-0.2, -0.15) is 0 Å². The zero-order valence-electron chi connectivity index (χ0n) is 25.0. The molecule has 0 spiro atoms. The lowest BCUT2D eigenvalue weighted by molar-refractivity contribution is 0.725. The third-order valence-electron chi connectivity index (χ3n) is 9.23. The van der Waals surface area contributed by atoms with Crippen molar-refractivity contribution in [2.24, 2.45) is 0 Å². The van der Waals surface area contributed by atoms with E-state index in [2.05, 4.69) is 166 Å². The third-order valence-corrected chi connectivity index (χ3v) is 9.23. The van der Waals surface area contributed by atoms with Crippen molar-refractivity contribution >= 4 is 11.0 Å². The number of nitrogens with zero attached hydrogens (tertiary/aromatic N) is 4. The molecule has 1 aliphatic heterocycles. The Hall–Kier alpha value is -6.13. The van der Waals surface area contributed by atoms with E-state index in [1.165, 1.54) is 38.9 Å². The van der Waals surface area contributed by atoms with Gasteiger partial charge in [0.15, 0.2) is 11.6 Å². The second kappa shape index (κ2) is 10.5. The fourth-order valence-electron chi connectivity index (χ4n) is 7.24. The van der Waals surface area contributed by atoms with Crippen LogP contribution in [-0.2, 0) is 5.41 Å². The third kappa shape index (κ3) is 3.90. The maximum absolute atomic E-state index is 5.16. The smallest absolute Gasteiger partial charge is 0.196 e. The Morgan fingerprint density at radius 2 is 1.02 bits per heavy atom. The normalized spacial score (nSPS) is 13.0. The molecule has 216 valence electrons. The van der Waals surface area contributed by atoms with Crippen LogP contribution < -0.4 is 0 Å². The Labute approximate surface area is 267 Å². The maximum Gasteiger partial charge on any atom is 0.196 e. The summed E-state index contributed by atoms with van der Waals surface area (Å²) in [5.41, 5.74) is 12.0. The predicted molar refractivity (Wildman–Crippen MR) is 185 cm³/mol. The zero-order chi connectivity index (χ0) is 30.5. The zero-order valence-corrected chi connectivity index (χ0v) is 25.0.